The number of aliphatic carboxylic acids is 1. The van der Waals surface area contributed by atoms with Crippen molar-refractivity contribution >= 4 is 27.8 Å². The van der Waals surface area contributed by atoms with Gasteiger partial charge in [-0.3, -0.25) is 9.59 Å². The highest BCUT2D eigenvalue weighted by Crippen LogP contribution is 2.23. The molecule has 0 bridgehead atoms. The fraction of sp³-hybridized carbons (Fsp3) is 0.385. The van der Waals surface area contributed by atoms with E-state index in [0.717, 1.165) is 16.5 Å². The van der Waals surface area contributed by atoms with Gasteiger partial charge in [-0.15, -0.1) is 0 Å². The van der Waals surface area contributed by atoms with Gasteiger partial charge in [-0.1, -0.05) is 22.9 Å². The Morgan fingerprint density at radius 3 is 2.74 bits per heavy atom. The summed E-state index contributed by atoms with van der Waals surface area (Å²) in [5.41, 5.74) is 0.980. The predicted molar refractivity (Wildman–Crippen MR) is 74.3 cm³/mol. The average Bonchev–Trinajstić information content (AvgIpc) is 2.36. The Morgan fingerprint density at radius 1 is 1.47 bits per heavy atom. The van der Waals surface area contributed by atoms with Crippen LogP contribution >= 0.6 is 15.9 Å². The summed E-state index contributed by atoms with van der Waals surface area (Å²) in [5, 5.41) is 11.0. The largest absolute Gasteiger partial charge is 0.483 e. The molecule has 1 rings (SSSR count). The van der Waals surface area contributed by atoms with Gasteiger partial charge in [0.05, 0.1) is 0 Å². The molecule has 0 saturated heterocycles. The number of rotatable bonds is 6. The molecular weight excluding hydrogens is 314 g/mol. The number of carboxylic acid groups (broad SMARTS) is 1. The van der Waals surface area contributed by atoms with Crippen molar-refractivity contribution in [2.75, 3.05) is 6.61 Å². The van der Waals surface area contributed by atoms with Crippen LogP contribution < -0.4 is 10.1 Å². The van der Waals surface area contributed by atoms with E-state index < -0.39 is 17.9 Å². The van der Waals surface area contributed by atoms with Gasteiger partial charge in [0.2, 0.25) is 0 Å². The molecule has 0 heterocycles. The number of amides is 1. The van der Waals surface area contributed by atoms with Gasteiger partial charge in [0.15, 0.2) is 6.61 Å². The molecule has 5 nitrogen and oxygen atoms in total. The van der Waals surface area contributed by atoms with E-state index in [1.54, 1.807) is 6.07 Å². The van der Waals surface area contributed by atoms with Gasteiger partial charge < -0.3 is 15.2 Å². The zero-order chi connectivity index (χ0) is 14.4. The van der Waals surface area contributed by atoms with Crippen molar-refractivity contribution in [2.24, 2.45) is 0 Å². The van der Waals surface area contributed by atoms with Crippen molar-refractivity contribution in [3.05, 3.63) is 28.2 Å². The third kappa shape index (κ3) is 4.90. The molecule has 1 aromatic carbocycles. The second-order valence-electron chi connectivity index (χ2n) is 4.02. The molecule has 0 saturated carbocycles. The van der Waals surface area contributed by atoms with Crippen molar-refractivity contribution < 1.29 is 19.4 Å². The Labute approximate surface area is 120 Å². The number of aryl methyl sites for hydroxylation is 1. The first kappa shape index (κ1) is 15.5. The summed E-state index contributed by atoms with van der Waals surface area (Å²) in [6.07, 6.45) is 0.780. The van der Waals surface area contributed by atoms with Crippen LogP contribution in [0.1, 0.15) is 19.4 Å². The minimum absolute atomic E-state index is 0.202. The molecular formula is C13H16BrNO4. The van der Waals surface area contributed by atoms with Crippen molar-refractivity contribution in [2.45, 2.75) is 26.3 Å². The molecule has 0 aliphatic carbocycles. The standard InChI is InChI=1S/C13H16BrNO4/c1-3-9-6-10(14)4-5-11(9)19-7-12(16)15-8(2)13(17)18/h4-6,8H,3,7H2,1-2H3,(H,15,16)(H,17,18). The summed E-state index contributed by atoms with van der Waals surface area (Å²) in [6, 6.07) is 4.60. The quantitative estimate of drug-likeness (QED) is 0.836. The van der Waals surface area contributed by atoms with Crippen molar-refractivity contribution in [3.8, 4) is 5.75 Å². The summed E-state index contributed by atoms with van der Waals surface area (Å²) in [5.74, 6) is -0.907. The highest BCUT2D eigenvalue weighted by atomic mass is 79.9. The van der Waals surface area contributed by atoms with E-state index in [-0.39, 0.29) is 6.61 Å². The molecule has 0 aliphatic rings. The first-order chi connectivity index (χ1) is 8.93. The molecule has 0 fully saturated rings. The van der Waals surface area contributed by atoms with E-state index in [9.17, 15) is 9.59 Å². The van der Waals surface area contributed by atoms with Crippen LogP contribution in [0.5, 0.6) is 5.75 Å². The minimum atomic E-state index is -1.08. The first-order valence-corrected chi connectivity index (χ1v) is 6.66. The van der Waals surface area contributed by atoms with E-state index in [4.69, 9.17) is 9.84 Å². The van der Waals surface area contributed by atoms with E-state index in [1.165, 1.54) is 6.92 Å². The molecule has 0 spiro atoms. The van der Waals surface area contributed by atoms with Crippen LogP contribution in [0.4, 0.5) is 0 Å². The normalized spacial score (nSPS) is 11.7. The van der Waals surface area contributed by atoms with Crippen LogP contribution in [0.25, 0.3) is 0 Å². The van der Waals surface area contributed by atoms with E-state index in [2.05, 4.69) is 21.2 Å². The number of nitrogens with one attached hydrogen (secondary N) is 1. The summed E-state index contributed by atoms with van der Waals surface area (Å²) >= 11 is 3.37. The lowest BCUT2D eigenvalue weighted by Crippen LogP contribution is -2.40. The maximum Gasteiger partial charge on any atom is 0.325 e. The number of carboxylic acids is 1. The van der Waals surface area contributed by atoms with Crippen LogP contribution in [0, 0.1) is 0 Å². The van der Waals surface area contributed by atoms with Gasteiger partial charge in [0, 0.05) is 4.47 Å². The third-order valence-corrected chi connectivity index (χ3v) is 3.00. The van der Waals surface area contributed by atoms with Gasteiger partial charge >= 0.3 is 5.97 Å². The summed E-state index contributed by atoms with van der Waals surface area (Å²) in [6.45, 7) is 3.19. The predicted octanol–water partition coefficient (Wildman–Crippen LogP) is 1.98. The van der Waals surface area contributed by atoms with Gasteiger partial charge in [-0.05, 0) is 37.1 Å². The second kappa shape index (κ2) is 7.13. The Balaban J connectivity index is 2.57. The lowest BCUT2D eigenvalue weighted by atomic mass is 10.1. The number of ether oxygens (including phenoxy) is 1. The highest BCUT2D eigenvalue weighted by molar-refractivity contribution is 9.10. The molecule has 2 N–H and O–H groups in total. The number of hydrogen-bond donors (Lipinski definition) is 2. The van der Waals surface area contributed by atoms with Crippen LogP contribution in [-0.2, 0) is 16.0 Å². The molecule has 1 aromatic rings. The molecule has 0 radical (unpaired) electrons. The Hall–Kier alpha value is -1.56. The summed E-state index contributed by atoms with van der Waals surface area (Å²) in [4.78, 5) is 22.1. The van der Waals surface area contributed by atoms with Gasteiger partial charge in [-0.25, -0.2) is 0 Å². The first-order valence-electron chi connectivity index (χ1n) is 5.87. The molecule has 6 heteroatoms. The zero-order valence-electron chi connectivity index (χ0n) is 10.8. The van der Waals surface area contributed by atoms with Crippen LogP contribution in [0.15, 0.2) is 22.7 Å². The fourth-order valence-electron chi connectivity index (χ4n) is 1.45. The average molecular weight is 330 g/mol. The van der Waals surface area contributed by atoms with Gasteiger partial charge in [-0.2, -0.15) is 0 Å². The van der Waals surface area contributed by atoms with Gasteiger partial charge in [0.25, 0.3) is 5.91 Å². The molecule has 1 unspecified atom stereocenters. The Bertz CT molecular complexity index is 476. The lowest BCUT2D eigenvalue weighted by Gasteiger charge is -2.12. The van der Waals surface area contributed by atoms with Crippen LogP contribution in [0.3, 0.4) is 0 Å². The number of carbonyl (C=O) groups excluding carboxylic acids is 1. The Kier molecular flexibility index (Phi) is 5.82. The highest BCUT2D eigenvalue weighted by Gasteiger charge is 2.14. The molecule has 104 valence electrons. The number of benzene rings is 1. The van der Waals surface area contributed by atoms with Gasteiger partial charge in [0.1, 0.15) is 11.8 Å². The SMILES string of the molecule is CCc1cc(Br)ccc1OCC(=O)NC(C)C(=O)O. The van der Waals surface area contributed by atoms with Crippen molar-refractivity contribution in [1.29, 1.82) is 0 Å². The molecule has 0 aliphatic heterocycles. The smallest absolute Gasteiger partial charge is 0.325 e. The monoisotopic (exact) mass is 329 g/mol. The van der Waals surface area contributed by atoms with Crippen molar-refractivity contribution in [1.82, 2.24) is 5.32 Å². The Morgan fingerprint density at radius 2 is 2.16 bits per heavy atom. The topological polar surface area (TPSA) is 75.6 Å². The number of halogens is 1. The van der Waals surface area contributed by atoms with Crippen LogP contribution in [0.2, 0.25) is 0 Å². The third-order valence-electron chi connectivity index (χ3n) is 2.51. The fourth-order valence-corrected chi connectivity index (χ4v) is 1.86. The molecule has 19 heavy (non-hydrogen) atoms. The number of carbonyl (C=O) groups is 2. The number of hydrogen-bond acceptors (Lipinski definition) is 3. The van der Waals surface area contributed by atoms with E-state index in [0.29, 0.717) is 5.75 Å². The van der Waals surface area contributed by atoms with Crippen molar-refractivity contribution in [3.63, 3.8) is 0 Å². The molecule has 1 atom stereocenters. The van der Waals surface area contributed by atoms with Crippen LogP contribution in [-0.4, -0.2) is 29.6 Å². The summed E-state index contributed by atoms with van der Waals surface area (Å²) < 4.78 is 6.34. The molecule has 1 amide bonds. The van der Waals surface area contributed by atoms with E-state index >= 15 is 0 Å². The summed E-state index contributed by atoms with van der Waals surface area (Å²) in [7, 11) is 0. The minimum Gasteiger partial charge on any atom is -0.483 e. The molecule has 0 aromatic heterocycles. The van der Waals surface area contributed by atoms with E-state index in [1.807, 2.05) is 19.1 Å². The maximum atomic E-state index is 11.5. The second-order valence-corrected chi connectivity index (χ2v) is 4.94. The lowest BCUT2D eigenvalue weighted by molar-refractivity contribution is -0.141. The maximum absolute atomic E-state index is 11.5. The zero-order valence-corrected chi connectivity index (χ0v) is 12.4.